The molecule has 0 atom stereocenters. The molecule has 4 aromatic rings. The summed E-state index contributed by atoms with van der Waals surface area (Å²) in [6, 6.07) is 13.2. The summed E-state index contributed by atoms with van der Waals surface area (Å²) in [4.78, 5) is 33.1. The third-order valence-electron chi connectivity index (χ3n) is 4.64. The second-order valence-electron chi connectivity index (χ2n) is 6.20. The highest BCUT2D eigenvalue weighted by atomic mass is 79.9. The van der Waals surface area contributed by atoms with Crippen LogP contribution in [0.15, 0.2) is 64.4 Å². The van der Waals surface area contributed by atoms with Crippen molar-refractivity contribution < 1.29 is 4.79 Å². The van der Waals surface area contributed by atoms with Gasteiger partial charge in [0.2, 0.25) is 0 Å². The van der Waals surface area contributed by atoms with E-state index in [0.717, 1.165) is 26.8 Å². The largest absolute Gasteiger partial charge is 0.304 e. The average molecular weight is 438 g/mol. The lowest BCUT2D eigenvalue weighted by molar-refractivity contribution is -0.112. The van der Waals surface area contributed by atoms with E-state index in [1.54, 1.807) is 15.4 Å². The van der Waals surface area contributed by atoms with Crippen LogP contribution in [0.1, 0.15) is 5.56 Å². The molecule has 132 valence electrons. The van der Waals surface area contributed by atoms with Crippen molar-refractivity contribution in [3.8, 4) is 0 Å². The average Bonchev–Trinajstić information content (AvgIpc) is 3.25. The number of hydrogen-bond donors (Lipinski definition) is 0. The fourth-order valence-electron chi connectivity index (χ4n) is 3.50. The summed E-state index contributed by atoms with van der Waals surface area (Å²) in [7, 11) is 0. The summed E-state index contributed by atoms with van der Waals surface area (Å²) in [5.74, 6) is -0.186. The molecule has 0 bridgehead atoms. The van der Waals surface area contributed by atoms with Crippen LogP contribution in [-0.2, 0) is 4.79 Å². The van der Waals surface area contributed by atoms with Gasteiger partial charge in [0, 0.05) is 16.6 Å². The van der Waals surface area contributed by atoms with Crippen LogP contribution in [0.4, 0.5) is 5.69 Å². The quantitative estimate of drug-likeness (QED) is 0.452. The number of imidazole rings is 1. The Hall–Kier alpha value is -2.77. The predicted molar refractivity (Wildman–Crippen MR) is 111 cm³/mol. The van der Waals surface area contributed by atoms with Crippen molar-refractivity contribution in [2.24, 2.45) is 0 Å². The summed E-state index contributed by atoms with van der Waals surface area (Å²) in [5, 5.41) is 0. The smallest absolute Gasteiger partial charge is 0.275 e. The lowest BCUT2D eigenvalue weighted by Crippen LogP contribution is -2.32. The van der Waals surface area contributed by atoms with Gasteiger partial charge in [-0.2, -0.15) is 0 Å². The van der Waals surface area contributed by atoms with Gasteiger partial charge in [0.15, 0.2) is 4.96 Å². The Labute approximate surface area is 166 Å². The molecule has 2 aromatic heterocycles. The maximum absolute atomic E-state index is 13.2. The molecule has 0 radical (unpaired) electrons. The number of carbonyl (C=O) groups is 1. The van der Waals surface area contributed by atoms with Gasteiger partial charge in [0.25, 0.3) is 11.5 Å². The minimum atomic E-state index is -0.210. The van der Waals surface area contributed by atoms with Crippen LogP contribution in [0.2, 0.25) is 0 Å². The topological polar surface area (TPSA) is 54.7 Å². The molecule has 5 rings (SSSR count). The van der Waals surface area contributed by atoms with Crippen LogP contribution in [0.25, 0.3) is 21.6 Å². The summed E-state index contributed by atoms with van der Waals surface area (Å²) in [6.07, 6.45) is 1.68. The van der Waals surface area contributed by atoms with Gasteiger partial charge in [-0.25, -0.2) is 9.38 Å². The first-order valence-electron chi connectivity index (χ1n) is 8.27. The maximum Gasteiger partial charge on any atom is 0.275 e. The predicted octanol–water partition coefficient (Wildman–Crippen LogP) is 3.12. The zero-order chi connectivity index (χ0) is 18.7. The zero-order valence-corrected chi connectivity index (χ0v) is 16.4. The van der Waals surface area contributed by atoms with Crippen LogP contribution >= 0.6 is 27.3 Å². The Morgan fingerprint density at radius 1 is 1.19 bits per heavy atom. The number of fused-ring (bicyclic) bond motifs is 4. The number of benzene rings is 2. The molecule has 0 saturated heterocycles. The molecule has 0 fully saturated rings. The number of aromatic nitrogens is 2. The number of para-hydroxylation sites is 2. The van der Waals surface area contributed by atoms with Crippen molar-refractivity contribution in [2.45, 2.75) is 0 Å². The van der Waals surface area contributed by atoms with E-state index in [4.69, 9.17) is 0 Å². The Morgan fingerprint density at radius 3 is 2.81 bits per heavy atom. The van der Waals surface area contributed by atoms with Crippen molar-refractivity contribution in [3.05, 3.63) is 80.0 Å². The summed E-state index contributed by atoms with van der Waals surface area (Å²) < 4.78 is 2.86. The molecule has 0 aliphatic carbocycles. The molecule has 1 aliphatic heterocycles. The van der Waals surface area contributed by atoms with Crippen LogP contribution in [0, 0.1) is 0 Å². The number of amides is 1. The molecule has 5 nitrogen and oxygen atoms in total. The first kappa shape index (κ1) is 16.4. The molecule has 1 amide bonds. The SMILES string of the molecule is C=CCN1C(=O)C(=c2sc3nc4ccccc4n3c2=O)c2cc(Br)ccc21. The molecule has 1 aliphatic rings. The van der Waals surface area contributed by atoms with Crippen LogP contribution in [0.3, 0.4) is 0 Å². The molecule has 0 unspecified atom stereocenters. The second kappa shape index (κ2) is 5.87. The highest BCUT2D eigenvalue weighted by Gasteiger charge is 2.34. The fraction of sp³-hybridized carbons (Fsp3) is 0.0500. The van der Waals surface area contributed by atoms with E-state index in [1.165, 1.54) is 11.3 Å². The van der Waals surface area contributed by atoms with Gasteiger partial charge in [-0.3, -0.25) is 9.59 Å². The molecule has 0 spiro atoms. The van der Waals surface area contributed by atoms with Gasteiger partial charge >= 0.3 is 0 Å². The lowest BCUT2D eigenvalue weighted by Gasteiger charge is -2.14. The summed E-state index contributed by atoms with van der Waals surface area (Å²) in [6.45, 7) is 4.12. The van der Waals surface area contributed by atoms with E-state index in [1.807, 2.05) is 42.5 Å². The van der Waals surface area contributed by atoms with Gasteiger partial charge in [0.1, 0.15) is 4.53 Å². The van der Waals surface area contributed by atoms with Gasteiger partial charge in [-0.05, 0) is 30.3 Å². The molecule has 2 aromatic carbocycles. The first-order chi connectivity index (χ1) is 13.1. The Kier molecular flexibility index (Phi) is 3.57. The second-order valence-corrected chi connectivity index (χ2v) is 8.09. The molecule has 3 heterocycles. The van der Waals surface area contributed by atoms with Crippen molar-refractivity contribution in [1.29, 1.82) is 0 Å². The van der Waals surface area contributed by atoms with E-state index >= 15 is 0 Å². The minimum absolute atomic E-state index is 0.186. The number of carbonyl (C=O) groups excluding carboxylic acids is 1. The van der Waals surface area contributed by atoms with E-state index in [9.17, 15) is 9.59 Å². The normalized spacial score (nSPS) is 15.7. The minimum Gasteiger partial charge on any atom is -0.304 e. The van der Waals surface area contributed by atoms with E-state index in [0.29, 0.717) is 21.6 Å². The van der Waals surface area contributed by atoms with Crippen LogP contribution in [-0.4, -0.2) is 21.8 Å². The van der Waals surface area contributed by atoms with Crippen molar-refractivity contribution in [1.82, 2.24) is 9.38 Å². The van der Waals surface area contributed by atoms with Crippen LogP contribution < -0.4 is 15.0 Å². The third-order valence-corrected chi connectivity index (χ3v) is 6.17. The monoisotopic (exact) mass is 437 g/mol. The number of anilines is 1. The number of hydrogen-bond acceptors (Lipinski definition) is 4. The first-order valence-corrected chi connectivity index (χ1v) is 9.88. The number of nitrogens with zero attached hydrogens (tertiary/aromatic N) is 3. The lowest BCUT2D eigenvalue weighted by atomic mass is 10.1. The van der Waals surface area contributed by atoms with Crippen molar-refractivity contribution in [3.63, 3.8) is 0 Å². The highest BCUT2D eigenvalue weighted by Crippen LogP contribution is 2.37. The molecule has 27 heavy (non-hydrogen) atoms. The van der Waals surface area contributed by atoms with Gasteiger partial charge in [-0.1, -0.05) is 45.5 Å². The summed E-state index contributed by atoms with van der Waals surface area (Å²) in [5.41, 5.74) is 3.28. The molecular weight excluding hydrogens is 426 g/mol. The zero-order valence-electron chi connectivity index (χ0n) is 14.0. The maximum atomic E-state index is 13.2. The number of halogens is 1. The van der Waals surface area contributed by atoms with Crippen molar-refractivity contribution in [2.75, 3.05) is 11.4 Å². The third kappa shape index (κ3) is 2.25. The Morgan fingerprint density at radius 2 is 2.00 bits per heavy atom. The molecular formula is C20H12BrN3O2S. The standard InChI is InChI=1S/C20H12BrN3O2S/c1-2-9-23-14-8-7-11(21)10-12(14)16(18(23)25)17-19(26)24-15-6-4-3-5-13(15)22-20(24)27-17/h2-8,10H,1,9H2. The Balaban J connectivity index is 1.91. The van der Waals surface area contributed by atoms with Crippen LogP contribution in [0.5, 0.6) is 0 Å². The van der Waals surface area contributed by atoms with E-state index < -0.39 is 0 Å². The molecule has 0 N–H and O–H groups in total. The van der Waals surface area contributed by atoms with Crippen molar-refractivity contribution >= 4 is 60.4 Å². The number of thiazole rings is 1. The highest BCUT2D eigenvalue weighted by molar-refractivity contribution is 9.10. The van der Waals surface area contributed by atoms with Gasteiger partial charge in [0.05, 0.1) is 22.3 Å². The van der Waals surface area contributed by atoms with Gasteiger partial charge < -0.3 is 4.90 Å². The molecule has 0 saturated carbocycles. The fourth-order valence-corrected chi connectivity index (χ4v) is 4.93. The number of rotatable bonds is 2. The van der Waals surface area contributed by atoms with E-state index in [-0.39, 0.29) is 11.5 Å². The molecule has 7 heteroatoms. The summed E-state index contributed by atoms with van der Waals surface area (Å²) >= 11 is 4.72. The van der Waals surface area contributed by atoms with E-state index in [2.05, 4.69) is 27.5 Å². The van der Waals surface area contributed by atoms with Gasteiger partial charge in [-0.15, -0.1) is 6.58 Å². The Bertz CT molecular complexity index is 1390.